The lowest BCUT2D eigenvalue weighted by Gasteiger charge is -2.26. The maximum Gasteiger partial charge on any atom is 0.470 e. The molecule has 0 aromatic carbocycles. The van der Waals surface area contributed by atoms with Gasteiger partial charge in [-0.25, -0.2) is 14.2 Å². The van der Waals surface area contributed by atoms with E-state index in [0.717, 1.165) is 0 Å². The number of phosphoric acid groups is 1. The molecule has 11 nitrogen and oxygen atoms in total. The molecule has 7 N–H and O–H groups in total. The Hall–Kier alpha value is -1.07. The third-order valence-electron chi connectivity index (χ3n) is 1.74. The van der Waals surface area contributed by atoms with Crippen molar-refractivity contribution in [1.29, 1.82) is 0 Å². The van der Waals surface area contributed by atoms with Gasteiger partial charge in [0.15, 0.2) is 12.2 Å². The zero-order chi connectivity index (χ0) is 14.7. The predicted octanol–water partition coefficient (Wildman–Crippen LogP) is -3.28. The van der Waals surface area contributed by atoms with Gasteiger partial charge in [-0.05, 0) is 0 Å². The fourth-order valence-corrected chi connectivity index (χ4v) is 1.49. The van der Waals surface area contributed by atoms with Crippen LogP contribution in [0.15, 0.2) is 0 Å². The smallest absolute Gasteiger partial charge is 0.470 e. The van der Waals surface area contributed by atoms with Crippen molar-refractivity contribution in [2.45, 2.75) is 24.4 Å². The van der Waals surface area contributed by atoms with Crippen LogP contribution in [-0.4, -0.2) is 71.7 Å². The number of aliphatic hydroxyl groups is 3. The second kappa shape index (κ2) is 6.20. The molecule has 0 spiro atoms. The summed E-state index contributed by atoms with van der Waals surface area (Å²) in [6, 6.07) is 0. The van der Waals surface area contributed by atoms with E-state index in [1.54, 1.807) is 0 Å². The number of aliphatic carboxylic acids is 2. The second-order valence-electron chi connectivity index (χ2n) is 3.12. The van der Waals surface area contributed by atoms with Gasteiger partial charge in [-0.1, -0.05) is 0 Å². The maximum atomic E-state index is 10.5. The van der Waals surface area contributed by atoms with E-state index >= 15 is 0 Å². The van der Waals surface area contributed by atoms with Crippen LogP contribution in [0.5, 0.6) is 0 Å². The van der Waals surface area contributed by atoms with Crippen molar-refractivity contribution in [3.8, 4) is 0 Å². The molecule has 0 saturated heterocycles. The van der Waals surface area contributed by atoms with E-state index in [4.69, 9.17) is 30.2 Å². The molecule has 12 heteroatoms. The summed E-state index contributed by atoms with van der Waals surface area (Å²) in [5, 5.41) is 43.9. The average molecular weight is 290 g/mol. The van der Waals surface area contributed by atoms with Crippen LogP contribution in [0, 0.1) is 0 Å². The largest absolute Gasteiger partial charge is 0.479 e. The summed E-state index contributed by atoms with van der Waals surface area (Å²) in [5.41, 5.74) is 0. The van der Waals surface area contributed by atoms with Gasteiger partial charge < -0.3 is 35.3 Å². The maximum absolute atomic E-state index is 10.5. The Morgan fingerprint density at radius 2 is 1.33 bits per heavy atom. The molecule has 0 rings (SSSR count). The molecule has 0 bridgehead atoms. The van der Waals surface area contributed by atoms with Crippen LogP contribution in [0.3, 0.4) is 0 Å². The minimum Gasteiger partial charge on any atom is -0.479 e. The van der Waals surface area contributed by atoms with Crippen molar-refractivity contribution >= 4 is 19.8 Å². The number of carboxylic acids is 2. The molecule has 18 heavy (non-hydrogen) atoms. The molecule has 0 aliphatic heterocycles. The number of carboxylic acid groups (broad SMARTS) is 2. The van der Waals surface area contributed by atoms with Crippen LogP contribution in [0.4, 0.5) is 0 Å². The van der Waals surface area contributed by atoms with Gasteiger partial charge in [-0.3, -0.25) is 4.52 Å². The summed E-state index contributed by atoms with van der Waals surface area (Å²) in [6.45, 7) is 0. The first-order valence-electron chi connectivity index (χ1n) is 4.21. The summed E-state index contributed by atoms with van der Waals surface area (Å²) < 4.78 is 14.3. The van der Waals surface area contributed by atoms with Crippen molar-refractivity contribution in [2.24, 2.45) is 0 Å². The lowest BCUT2D eigenvalue weighted by Crippen LogP contribution is -2.51. The number of aliphatic hydroxyl groups excluding tert-OH is 3. The van der Waals surface area contributed by atoms with E-state index in [-0.39, 0.29) is 0 Å². The normalized spacial score (nSPS) is 18.7. The topological polar surface area (TPSA) is 202 Å². The summed E-state index contributed by atoms with van der Waals surface area (Å²) in [4.78, 5) is 37.6. The van der Waals surface area contributed by atoms with Crippen LogP contribution < -0.4 is 0 Å². The third kappa shape index (κ3) is 5.06. The van der Waals surface area contributed by atoms with Crippen molar-refractivity contribution in [3.05, 3.63) is 0 Å². The molecule has 0 aliphatic rings. The minimum absolute atomic E-state index is 2.00. The van der Waals surface area contributed by atoms with E-state index in [2.05, 4.69) is 4.52 Å². The highest BCUT2D eigenvalue weighted by molar-refractivity contribution is 7.46. The standard InChI is InChI=1S/C6H11O11P/c7-1(2(8)5(10)11)4(3(9)6(12)13)17-18(14,15)16/h1-4,7-9H,(H,10,11)(H,12,13)(H2,14,15,16). The van der Waals surface area contributed by atoms with Crippen molar-refractivity contribution in [2.75, 3.05) is 0 Å². The first kappa shape index (κ1) is 16.9. The van der Waals surface area contributed by atoms with Crippen LogP contribution in [0.2, 0.25) is 0 Å². The Balaban J connectivity index is 5.15. The fraction of sp³-hybridized carbons (Fsp3) is 0.667. The quantitative estimate of drug-likeness (QED) is 0.231. The van der Waals surface area contributed by atoms with Gasteiger partial charge in [0.25, 0.3) is 0 Å². The first-order valence-corrected chi connectivity index (χ1v) is 5.74. The monoisotopic (exact) mass is 290 g/mol. The zero-order valence-corrected chi connectivity index (χ0v) is 9.41. The van der Waals surface area contributed by atoms with Gasteiger partial charge in [0, 0.05) is 0 Å². The molecule has 4 unspecified atom stereocenters. The van der Waals surface area contributed by atoms with Crippen molar-refractivity contribution < 1.29 is 54.0 Å². The lowest BCUT2D eigenvalue weighted by atomic mass is 10.0. The van der Waals surface area contributed by atoms with Crippen LogP contribution in [-0.2, 0) is 18.7 Å². The van der Waals surface area contributed by atoms with Gasteiger partial charge in [-0.2, -0.15) is 0 Å². The molecule has 0 radical (unpaired) electrons. The molecule has 0 fully saturated rings. The highest BCUT2D eigenvalue weighted by atomic mass is 31.2. The first-order chi connectivity index (χ1) is 7.97. The Morgan fingerprint density at radius 1 is 0.944 bits per heavy atom. The second-order valence-corrected chi connectivity index (χ2v) is 4.31. The number of hydrogen-bond acceptors (Lipinski definition) is 7. The molecule has 0 heterocycles. The Kier molecular flexibility index (Phi) is 5.83. The fourth-order valence-electron chi connectivity index (χ4n) is 0.932. The highest BCUT2D eigenvalue weighted by Gasteiger charge is 2.43. The summed E-state index contributed by atoms with van der Waals surface area (Å²) in [7, 11) is -5.33. The molecule has 0 amide bonds. The van der Waals surface area contributed by atoms with Gasteiger partial charge >= 0.3 is 19.8 Å². The van der Waals surface area contributed by atoms with Crippen molar-refractivity contribution in [1.82, 2.24) is 0 Å². The SMILES string of the molecule is O=C(O)C(O)C(O)C(OP(=O)(O)O)C(O)C(=O)O. The Labute approximate surface area is 99.1 Å². The lowest BCUT2D eigenvalue weighted by molar-refractivity contribution is -0.171. The van der Waals surface area contributed by atoms with Gasteiger partial charge in [0.1, 0.15) is 12.2 Å². The van der Waals surface area contributed by atoms with Gasteiger partial charge in [0.05, 0.1) is 0 Å². The van der Waals surface area contributed by atoms with Gasteiger partial charge in [0.2, 0.25) is 0 Å². The van der Waals surface area contributed by atoms with E-state index in [1.807, 2.05) is 0 Å². The Morgan fingerprint density at radius 3 is 1.61 bits per heavy atom. The molecule has 0 aromatic heterocycles. The average Bonchev–Trinajstić information content (AvgIpc) is 2.21. The summed E-state index contributed by atoms with van der Waals surface area (Å²) in [6.07, 6.45) is -10.4. The van der Waals surface area contributed by atoms with Crippen LogP contribution in [0.25, 0.3) is 0 Å². The van der Waals surface area contributed by atoms with E-state index < -0.39 is 44.2 Å². The van der Waals surface area contributed by atoms with E-state index in [0.29, 0.717) is 0 Å². The molecular formula is C6H11O11P. The van der Waals surface area contributed by atoms with E-state index in [9.17, 15) is 19.3 Å². The Bertz CT molecular complexity index is 361. The van der Waals surface area contributed by atoms with Gasteiger partial charge in [-0.15, -0.1) is 0 Å². The van der Waals surface area contributed by atoms with Crippen LogP contribution in [0.1, 0.15) is 0 Å². The van der Waals surface area contributed by atoms with E-state index in [1.165, 1.54) is 0 Å². The number of carbonyl (C=O) groups is 2. The third-order valence-corrected chi connectivity index (χ3v) is 2.25. The number of phosphoric ester groups is 1. The predicted molar refractivity (Wildman–Crippen MR) is 50.2 cm³/mol. The highest BCUT2D eigenvalue weighted by Crippen LogP contribution is 2.39. The summed E-state index contributed by atoms with van der Waals surface area (Å²) >= 11 is 0. The number of hydrogen-bond donors (Lipinski definition) is 7. The molecule has 0 aliphatic carbocycles. The molecular weight excluding hydrogens is 279 g/mol. The zero-order valence-electron chi connectivity index (χ0n) is 8.52. The molecule has 0 saturated carbocycles. The number of rotatable bonds is 7. The summed E-state index contributed by atoms with van der Waals surface area (Å²) in [5.74, 6) is -4.04. The molecule has 4 atom stereocenters. The molecule has 106 valence electrons. The van der Waals surface area contributed by atoms with Crippen LogP contribution >= 0.6 is 7.82 Å². The van der Waals surface area contributed by atoms with Crippen molar-refractivity contribution in [3.63, 3.8) is 0 Å². The minimum atomic E-state index is -5.33. The molecule has 0 aromatic rings.